The first kappa shape index (κ1) is 9.08. The second kappa shape index (κ2) is 3.16. The van der Waals surface area contributed by atoms with Crippen LogP contribution >= 0.6 is 0 Å². The fourth-order valence-electron chi connectivity index (χ4n) is 2.99. The third-order valence-corrected chi connectivity index (χ3v) is 3.91. The maximum atomic E-state index is 3.56. The van der Waals surface area contributed by atoms with Crippen LogP contribution in [0.25, 0.3) is 0 Å². The predicted octanol–water partition coefficient (Wildman–Crippen LogP) is 2.64. The van der Waals surface area contributed by atoms with E-state index in [1.807, 2.05) is 0 Å². The van der Waals surface area contributed by atoms with E-state index in [9.17, 15) is 0 Å². The van der Waals surface area contributed by atoms with Crippen LogP contribution in [-0.4, -0.2) is 19.1 Å². The number of nitrogens with one attached hydrogen (secondary N) is 1. The molecule has 2 nitrogen and oxygen atoms in total. The van der Waals surface area contributed by atoms with Gasteiger partial charge in [-0.3, -0.25) is 0 Å². The highest BCUT2D eigenvalue weighted by Gasteiger charge is 2.35. The normalized spacial score (nSPS) is 28.3. The van der Waals surface area contributed by atoms with E-state index >= 15 is 0 Å². The minimum Gasteiger partial charge on any atom is -0.381 e. The number of nitrogens with zero attached hydrogens (tertiary/aromatic N) is 1. The highest BCUT2D eigenvalue weighted by Crippen LogP contribution is 2.40. The summed E-state index contributed by atoms with van der Waals surface area (Å²) in [5, 5.41) is 3.56. The van der Waals surface area contributed by atoms with Crippen LogP contribution in [-0.2, 0) is 0 Å². The Hall–Kier alpha value is -1.18. The average molecular weight is 202 g/mol. The molecule has 2 heterocycles. The molecule has 1 N–H and O–H groups in total. The van der Waals surface area contributed by atoms with Gasteiger partial charge in [-0.25, -0.2) is 0 Å². The van der Waals surface area contributed by atoms with Crippen LogP contribution in [0.3, 0.4) is 0 Å². The summed E-state index contributed by atoms with van der Waals surface area (Å²) in [6, 6.07) is 7.26. The van der Waals surface area contributed by atoms with Crippen molar-refractivity contribution in [2.24, 2.45) is 5.92 Å². The van der Waals surface area contributed by atoms with E-state index in [4.69, 9.17) is 0 Å². The topological polar surface area (TPSA) is 15.3 Å². The number of benzene rings is 1. The zero-order valence-electron chi connectivity index (χ0n) is 9.46. The van der Waals surface area contributed by atoms with Crippen molar-refractivity contribution in [3.8, 4) is 0 Å². The largest absolute Gasteiger partial charge is 0.381 e. The van der Waals surface area contributed by atoms with Gasteiger partial charge in [0.1, 0.15) is 0 Å². The summed E-state index contributed by atoms with van der Waals surface area (Å²) in [4.78, 5) is 2.60. The molecule has 1 aromatic carbocycles. The van der Waals surface area contributed by atoms with Gasteiger partial charge in [0, 0.05) is 19.1 Å². The lowest BCUT2D eigenvalue weighted by molar-refractivity contribution is 0.523. The molecule has 0 spiro atoms. The van der Waals surface area contributed by atoms with Gasteiger partial charge >= 0.3 is 0 Å². The standard InChI is InChI=1S/C13H18N2/c1-9-6-7-15-12(9)8-14-11-5-3-4-10(2)13(11)15/h3-5,9,12,14H,6-8H2,1-2H3. The van der Waals surface area contributed by atoms with E-state index < -0.39 is 0 Å². The number of para-hydroxylation sites is 1. The van der Waals surface area contributed by atoms with Gasteiger partial charge in [-0.15, -0.1) is 0 Å². The molecule has 0 saturated carbocycles. The molecule has 0 amide bonds. The quantitative estimate of drug-likeness (QED) is 0.695. The molecule has 15 heavy (non-hydrogen) atoms. The smallest absolute Gasteiger partial charge is 0.0634 e. The zero-order valence-corrected chi connectivity index (χ0v) is 9.46. The van der Waals surface area contributed by atoms with Gasteiger partial charge in [0.25, 0.3) is 0 Å². The molecule has 1 saturated heterocycles. The van der Waals surface area contributed by atoms with E-state index in [0.717, 1.165) is 12.5 Å². The number of hydrogen-bond donors (Lipinski definition) is 1. The van der Waals surface area contributed by atoms with Crippen LogP contribution in [0.2, 0.25) is 0 Å². The van der Waals surface area contributed by atoms with Crippen molar-refractivity contribution in [1.82, 2.24) is 0 Å². The first-order valence-corrected chi connectivity index (χ1v) is 5.87. The van der Waals surface area contributed by atoms with Crippen molar-refractivity contribution in [1.29, 1.82) is 0 Å². The SMILES string of the molecule is Cc1cccc2c1N1CCC(C)C1CN2. The summed E-state index contributed by atoms with van der Waals surface area (Å²) in [5.74, 6) is 0.824. The number of aryl methyl sites for hydroxylation is 1. The Morgan fingerprint density at radius 1 is 1.40 bits per heavy atom. The van der Waals surface area contributed by atoms with E-state index in [1.54, 1.807) is 0 Å². The average Bonchev–Trinajstić information content (AvgIpc) is 2.61. The van der Waals surface area contributed by atoms with Gasteiger partial charge in [-0.05, 0) is 30.9 Å². The highest BCUT2D eigenvalue weighted by atomic mass is 15.2. The second-order valence-electron chi connectivity index (χ2n) is 4.88. The Labute approximate surface area is 91.3 Å². The summed E-state index contributed by atoms with van der Waals surface area (Å²) in [6.45, 7) is 6.92. The first-order valence-electron chi connectivity index (χ1n) is 5.87. The van der Waals surface area contributed by atoms with Crippen LogP contribution in [0.15, 0.2) is 18.2 Å². The molecule has 3 rings (SSSR count). The van der Waals surface area contributed by atoms with Crippen molar-refractivity contribution >= 4 is 11.4 Å². The summed E-state index contributed by atoms with van der Waals surface area (Å²) in [7, 11) is 0. The molecule has 0 aromatic heterocycles. The Morgan fingerprint density at radius 2 is 2.27 bits per heavy atom. The minimum absolute atomic E-state index is 0.707. The number of fused-ring (bicyclic) bond motifs is 3. The third kappa shape index (κ3) is 1.24. The van der Waals surface area contributed by atoms with Crippen LogP contribution in [0.5, 0.6) is 0 Å². The number of rotatable bonds is 0. The molecular formula is C13H18N2. The van der Waals surface area contributed by atoms with Gasteiger partial charge in [0.05, 0.1) is 11.4 Å². The van der Waals surface area contributed by atoms with Crippen LogP contribution in [0.1, 0.15) is 18.9 Å². The first-order chi connectivity index (χ1) is 7.27. The third-order valence-electron chi connectivity index (χ3n) is 3.91. The van der Waals surface area contributed by atoms with Crippen molar-refractivity contribution < 1.29 is 0 Å². The fraction of sp³-hybridized carbons (Fsp3) is 0.538. The molecule has 0 bridgehead atoms. The second-order valence-corrected chi connectivity index (χ2v) is 4.88. The van der Waals surface area contributed by atoms with Gasteiger partial charge < -0.3 is 10.2 Å². The number of anilines is 2. The van der Waals surface area contributed by atoms with Crippen molar-refractivity contribution in [2.45, 2.75) is 26.3 Å². The summed E-state index contributed by atoms with van der Waals surface area (Å²) >= 11 is 0. The molecule has 1 fully saturated rings. The zero-order chi connectivity index (χ0) is 10.4. The van der Waals surface area contributed by atoms with E-state index in [1.165, 1.54) is 29.9 Å². The Bertz CT molecular complexity index is 386. The summed E-state index contributed by atoms with van der Waals surface area (Å²) in [5.41, 5.74) is 4.16. The van der Waals surface area contributed by atoms with Gasteiger partial charge in [0.15, 0.2) is 0 Å². The molecule has 2 aliphatic rings. The minimum atomic E-state index is 0.707. The van der Waals surface area contributed by atoms with E-state index in [-0.39, 0.29) is 0 Å². The molecule has 80 valence electrons. The van der Waals surface area contributed by atoms with Crippen LogP contribution in [0.4, 0.5) is 11.4 Å². The summed E-state index contributed by atoms with van der Waals surface area (Å²) < 4.78 is 0. The molecule has 1 aromatic rings. The lowest BCUT2D eigenvalue weighted by atomic mass is 10.00. The van der Waals surface area contributed by atoms with E-state index in [0.29, 0.717) is 6.04 Å². The van der Waals surface area contributed by atoms with Crippen molar-refractivity contribution in [3.05, 3.63) is 23.8 Å². The van der Waals surface area contributed by atoms with Crippen molar-refractivity contribution in [3.63, 3.8) is 0 Å². The summed E-state index contributed by atoms with van der Waals surface area (Å²) in [6.07, 6.45) is 1.33. The lowest BCUT2D eigenvalue weighted by Crippen LogP contribution is -2.42. The Kier molecular flexibility index (Phi) is 1.91. The van der Waals surface area contributed by atoms with E-state index in [2.05, 4.69) is 42.3 Å². The molecule has 0 aliphatic carbocycles. The maximum Gasteiger partial charge on any atom is 0.0634 e. The molecule has 2 heteroatoms. The van der Waals surface area contributed by atoms with Gasteiger partial charge in [-0.2, -0.15) is 0 Å². The van der Waals surface area contributed by atoms with Crippen molar-refractivity contribution in [2.75, 3.05) is 23.3 Å². The van der Waals surface area contributed by atoms with Gasteiger partial charge in [0.2, 0.25) is 0 Å². The Balaban J connectivity index is 2.08. The molecule has 2 atom stereocenters. The molecular weight excluding hydrogens is 184 g/mol. The molecule has 2 unspecified atom stereocenters. The molecule has 0 radical (unpaired) electrons. The van der Waals surface area contributed by atoms with Crippen LogP contribution < -0.4 is 10.2 Å². The number of hydrogen-bond acceptors (Lipinski definition) is 2. The molecule has 2 aliphatic heterocycles. The fourth-order valence-corrected chi connectivity index (χ4v) is 2.99. The monoisotopic (exact) mass is 202 g/mol. The predicted molar refractivity (Wildman–Crippen MR) is 64.6 cm³/mol. The maximum absolute atomic E-state index is 3.56. The lowest BCUT2D eigenvalue weighted by Gasteiger charge is -2.37. The Morgan fingerprint density at radius 3 is 3.13 bits per heavy atom. The van der Waals surface area contributed by atoms with Gasteiger partial charge in [-0.1, -0.05) is 19.1 Å². The highest BCUT2D eigenvalue weighted by molar-refractivity contribution is 5.76. The van der Waals surface area contributed by atoms with Crippen LogP contribution in [0, 0.1) is 12.8 Å².